The molecular formula is C24H20ClN3OS. The van der Waals surface area contributed by atoms with E-state index in [-0.39, 0.29) is 5.91 Å². The molecule has 0 aliphatic rings. The number of halogens is 1. The maximum absolute atomic E-state index is 13.0. The molecule has 1 amide bonds. The molecular weight excluding hydrogens is 414 g/mol. The predicted octanol–water partition coefficient (Wildman–Crippen LogP) is 6.32. The van der Waals surface area contributed by atoms with Crippen molar-refractivity contribution in [1.29, 1.82) is 0 Å². The van der Waals surface area contributed by atoms with Crippen LogP contribution in [0.2, 0.25) is 5.02 Å². The minimum Gasteiger partial charge on any atom is -0.398 e. The molecule has 0 aliphatic carbocycles. The first-order valence-electron chi connectivity index (χ1n) is 9.44. The van der Waals surface area contributed by atoms with Gasteiger partial charge in [-0.15, -0.1) is 11.8 Å². The van der Waals surface area contributed by atoms with Crippen LogP contribution in [0.25, 0.3) is 10.9 Å². The quantitative estimate of drug-likeness (QED) is 0.361. The van der Waals surface area contributed by atoms with Gasteiger partial charge in [-0.05, 0) is 67.1 Å². The Morgan fingerprint density at radius 1 is 1.07 bits per heavy atom. The van der Waals surface area contributed by atoms with Crippen molar-refractivity contribution in [2.24, 2.45) is 0 Å². The summed E-state index contributed by atoms with van der Waals surface area (Å²) < 4.78 is 0. The molecule has 1 aromatic heterocycles. The maximum atomic E-state index is 13.0. The number of amides is 1. The monoisotopic (exact) mass is 433 g/mol. The van der Waals surface area contributed by atoms with E-state index in [4.69, 9.17) is 17.3 Å². The molecule has 4 rings (SSSR count). The number of carbonyl (C=O) groups excluding carboxylic acids is 1. The standard InChI is InChI=1S/C24H20ClN3OS/c1-15-12-22(26)21-13-18(8-11-23(21)27-15)28-24(29)20-5-3-2-4-16(20)14-30-19-9-6-17(25)7-10-19/h2-13H,14H2,1H3,(H2,26,27)(H,28,29). The summed E-state index contributed by atoms with van der Waals surface area (Å²) in [4.78, 5) is 18.6. The van der Waals surface area contributed by atoms with Crippen LogP contribution in [0.1, 0.15) is 21.6 Å². The Bertz CT molecular complexity index is 1230. The Balaban J connectivity index is 1.53. The Kier molecular flexibility index (Phi) is 5.93. The van der Waals surface area contributed by atoms with Crippen LogP contribution in [0.3, 0.4) is 0 Å². The maximum Gasteiger partial charge on any atom is 0.255 e. The Hall–Kier alpha value is -3.02. The molecule has 3 N–H and O–H groups in total. The largest absolute Gasteiger partial charge is 0.398 e. The average molecular weight is 434 g/mol. The number of nitrogens with two attached hydrogens (primary N) is 1. The van der Waals surface area contributed by atoms with Gasteiger partial charge in [-0.25, -0.2) is 0 Å². The van der Waals surface area contributed by atoms with Gasteiger partial charge < -0.3 is 11.1 Å². The molecule has 3 aromatic carbocycles. The van der Waals surface area contributed by atoms with E-state index in [1.165, 1.54) is 0 Å². The number of benzene rings is 3. The number of anilines is 2. The van der Waals surface area contributed by atoms with Crippen molar-refractivity contribution in [3.63, 3.8) is 0 Å². The van der Waals surface area contributed by atoms with E-state index in [0.29, 0.717) is 27.7 Å². The van der Waals surface area contributed by atoms with Gasteiger partial charge in [0.1, 0.15) is 0 Å². The van der Waals surface area contributed by atoms with Gasteiger partial charge in [0.05, 0.1) is 5.52 Å². The molecule has 1 heterocycles. The minimum absolute atomic E-state index is 0.153. The van der Waals surface area contributed by atoms with Crippen molar-refractivity contribution < 1.29 is 4.79 Å². The molecule has 6 heteroatoms. The zero-order chi connectivity index (χ0) is 21.1. The van der Waals surface area contributed by atoms with E-state index in [9.17, 15) is 4.79 Å². The third kappa shape index (κ3) is 4.58. The number of pyridine rings is 1. The first-order valence-corrected chi connectivity index (χ1v) is 10.8. The first kappa shape index (κ1) is 20.3. The van der Waals surface area contributed by atoms with E-state index in [0.717, 1.165) is 27.1 Å². The highest BCUT2D eigenvalue weighted by atomic mass is 35.5. The van der Waals surface area contributed by atoms with Gasteiger partial charge in [-0.1, -0.05) is 29.8 Å². The number of hydrogen-bond acceptors (Lipinski definition) is 4. The normalized spacial score (nSPS) is 10.9. The van der Waals surface area contributed by atoms with Crippen molar-refractivity contribution >= 4 is 51.5 Å². The summed E-state index contributed by atoms with van der Waals surface area (Å²) in [7, 11) is 0. The van der Waals surface area contributed by atoms with E-state index in [1.54, 1.807) is 11.8 Å². The summed E-state index contributed by atoms with van der Waals surface area (Å²) in [6.45, 7) is 1.91. The molecule has 4 nitrogen and oxygen atoms in total. The number of nitrogen functional groups attached to an aromatic ring is 1. The number of hydrogen-bond donors (Lipinski definition) is 2. The number of nitrogens with zero attached hydrogens (tertiary/aromatic N) is 1. The fourth-order valence-electron chi connectivity index (χ4n) is 3.23. The Morgan fingerprint density at radius 2 is 1.83 bits per heavy atom. The van der Waals surface area contributed by atoms with Crippen LogP contribution in [0.15, 0.2) is 77.7 Å². The third-order valence-corrected chi connectivity index (χ3v) is 6.01. The second-order valence-electron chi connectivity index (χ2n) is 6.94. The van der Waals surface area contributed by atoms with E-state index in [1.807, 2.05) is 79.7 Å². The number of aromatic nitrogens is 1. The Morgan fingerprint density at radius 3 is 2.63 bits per heavy atom. The number of nitrogens with one attached hydrogen (secondary N) is 1. The summed E-state index contributed by atoms with van der Waals surface area (Å²) >= 11 is 7.61. The lowest BCUT2D eigenvalue weighted by Gasteiger charge is -2.11. The van der Waals surface area contributed by atoms with Crippen LogP contribution < -0.4 is 11.1 Å². The summed E-state index contributed by atoms with van der Waals surface area (Å²) in [6.07, 6.45) is 0. The number of rotatable bonds is 5. The summed E-state index contributed by atoms with van der Waals surface area (Å²) in [5.41, 5.74) is 10.8. The minimum atomic E-state index is -0.153. The lowest BCUT2D eigenvalue weighted by Crippen LogP contribution is -2.14. The van der Waals surface area contributed by atoms with Gasteiger partial charge in [0.15, 0.2) is 0 Å². The van der Waals surface area contributed by atoms with E-state index < -0.39 is 0 Å². The zero-order valence-corrected chi connectivity index (χ0v) is 17.9. The lowest BCUT2D eigenvalue weighted by molar-refractivity contribution is 0.102. The summed E-state index contributed by atoms with van der Waals surface area (Å²) in [6, 6.07) is 22.7. The van der Waals surface area contributed by atoms with E-state index >= 15 is 0 Å². The molecule has 0 saturated carbocycles. The van der Waals surface area contributed by atoms with Crippen molar-refractivity contribution in [3.8, 4) is 0 Å². The molecule has 150 valence electrons. The number of aryl methyl sites for hydroxylation is 1. The van der Waals surface area contributed by atoms with Crippen molar-refractivity contribution in [3.05, 3.63) is 94.6 Å². The van der Waals surface area contributed by atoms with Gasteiger partial charge in [0, 0.05) is 43.7 Å². The zero-order valence-electron chi connectivity index (χ0n) is 16.4. The van der Waals surface area contributed by atoms with Crippen molar-refractivity contribution in [2.75, 3.05) is 11.1 Å². The summed E-state index contributed by atoms with van der Waals surface area (Å²) in [5, 5.41) is 4.52. The summed E-state index contributed by atoms with van der Waals surface area (Å²) in [5.74, 6) is 0.527. The highest BCUT2D eigenvalue weighted by Gasteiger charge is 2.12. The average Bonchev–Trinajstić information content (AvgIpc) is 2.74. The van der Waals surface area contributed by atoms with Crippen LogP contribution in [-0.4, -0.2) is 10.9 Å². The SMILES string of the molecule is Cc1cc(N)c2cc(NC(=O)c3ccccc3CSc3ccc(Cl)cc3)ccc2n1. The van der Waals surface area contributed by atoms with Crippen LogP contribution in [0.5, 0.6) is 0 Å². The van der Waals surface area contributed by atoms with Gasteiger partial charge in [0.2, 0.25) is 0 Å². The molecule has 0 atom stereocenters. The topological polar surface area (TPSA) is 68.0 Å². The number of fused-ring (bicyclic) bond motifs is 1. The van der Waals surface area contributed by atoms with Crippen LogP contribution in [0, 0.1) is 6.92 Å². The highest BCUT2D eigenvalue weighted by Crippen LogP contribution is 2.27. The molecule has 0 radical (unpaired) electrons. The third-order valence-electron chi connectivity index (χ3n) is 4.70. The molecule has 0 spiro atoms. The molecule has 0 saturated heterocycles. The lowest BCUT2D eigenvalue weighted by atomic mass is 10.1. The fourth-order valence-corrected chi connectivity index (χ4v) is 4.25. The van der Waals surface area contributed by atoms with Gasteiger partial charge in [-0.2, -0.15) is 0 Å². The van der Waals surface area contributed by atoms with Crippen molar-refractivity contribution in [1.82, 2.24) is 4.98 Å². The molecule has 0 aliphatic heterocycles. The van der Waals surface area contributed by atoms with Crippen LogP contribution in [-0.2, 0) is 5.75 Å². The second kappa shape index (κ2) is 8.78. The van der Waals surface area contributed by atoms with Crippen LogP contribution >= 0.6 is 23.4 Å². The molecule has 0 bridgehead atoms. The number of thioether (sulfide) groups is 1. The Labute approximate surface area is 184 Å². The van der Waals surface area contributed by atoms with Gasteiger partial charge in [-0.3, -0.25) is 9.78 Å². The molecule has 4 aromatic rings. The highest BCUT2D eigenvalue weighted by molar-refractivity contribution is 7.98. The first-order chi connectivity index (χ1) is 14.5. The van der Waals surface area contributed by atoms with E-state index in [2.05, 4.69) is 10.3 Å². The second-order valence-corrected chi connectivity index (χ2v) is 8.42. The molecule has 30 heavy (non-hydrogen) atoms. The van der Waals surface area contributed by atoms with Gasteiger partial charge in [0.25, 0.3) is 5.91 Å². The smallest absolute Gasteiger partial charge is 0.255 e. The fraction of sp³-hybridized carbons (Fsp3) is 0.0833. The predicted molar refractivity (Wildman–Crippen MR) is 126 cm³/mol. The molecule has 0 fully saturated rings. The van der Waals surface area contributed by atoms with Crippen molar-refractivity contribution in [2.45, 2.75) is 17.6 Å². The number of carbonyl (C=O) groups is 1. The van der Waals surface area contributed by atoms with Crippen LogP contribution in [0.4, 0.5) is 11.4 Å². The molecule has 0 unspecified atom stereocenters. The van der Waals surface area contributed by atoms with Gasteiger partial charge >= 0.3 is 0 Å².